The number of aryl methyl sites for hydroxylation is 1. The van der Waals surface area contributed by atoms with Gasteiger partial charge in [0.1, 0.15) is 0 Å². The Morgan fingerprint density at radius 2 is 1.95 bits per heavy atom. The molecule has 0 radical (unpaired) electrons. The van der Waals surface area contributed by atoms with Gasteiger partial charge in [0, 0.05) is 26.2 Å². The fourth-order valence-corrected chi connectivity index (χ4v) is 2.40. The van der Waals surface area contributed by atoms with E-state index in [9.17, 15) is 4.79 Å². The molecule has 0 saturated carbocycles. The minimum absolute atomic E-state index is 0.550. The molecule has 0 spiro atoms. The van der Waals surface area contributed by atoms with Gasteiger partial charge in [-0.25, -0.2) is 5.43 Å². The van der Waals surface area contributed by atoms with Crippen LogP contribution in [0.15, 0.2) is 35.4 Å². The van der Waals surface area contributed by atoms with Crippen LogP contribution in [0.1, 0.15) is 17.0 Å². The van der Waals surface area contributed by atoms with Crippen LogP contribution >= 0.6 is 22.6 Å². The summed E-state index contributed by atoms with van der Waals surface area (Å²) in [6.45, 7) is 4.09. The number of carbonyl (C=O) groups excluding carboxylic acids is 1. The largest absolute Gasteiger partial charge is 0.318 e. The number of amides is 1. The first-order valence-electron chi connectivity index (χ1n) is 5.80. The molecule has 2 aromatic rings. The van der Waals surface area contributed by atoms with Crippen molar-refractivity contribution in [3.05, 3.63) is 50.9 Å². The van der Waals surface area contributed by atoms with E-state index in [0.29, 0.717) is 6.41 Å². The summed E-state index contributed by atoms with van der Waals surface area (Å²) < 4.78 is 3.37. The van der Waals surface area contributed by atoms with Crippen molar-refractivity contribution in [2.75, 3.05) is 0 Å². The lowest BCUT2D eigenvalue weighted by molar-refractivity contribution is -0.109. The summed E-state index contributed by atoms with van der Waals surface area (Å²) in [5.41, 5.74) is 6.62. The van der Waals surface area contributed by atoms with Gasteiger partial charge in [0.2, 0.25) is 6.41 Å². The minimum Gasteiger partial charge on any atom is -0.318 e. The second-order valence-electron chi connectivity index (χ2n) is 4.14. The number of hydrogen-bond donors (Lipinski definition) is 1. The van der Waals surface area contributed by atoms with Crippen LogP contribution in [0.5, 0.6) is 0 Å². The molecule has 1 aromatic carbocycles. The Labute approximate surface area is 125 Å². The van der Waals surface area contributed by atoms with E-state index >= 15 is 0 Å². The van der Waals surface area contributed by atoms with Crippen LogP contribution < -0.4 is 5.43 Å². The van der Waals surface area contributed by atoms with Crippen molar-refractivity contribution in [2.24, 2.45) is 5.10 Å². The fraction of sp³-hybridized carbons (Fsp3) is 0.143. The fourth-order valence-electron chi connectivity index (χ4n) is 2.04. The molecule has 0 aliphatic carbocycles. The Morgan fingerprint density at radius 1 is 1.26 bits per heavy atom. The molecular weight excluding hydrogens is 353 g/mol. The summed E-state index contributed by atoms with van der Waals surface area (Å²) in [6.07, 6.45) is 2.20. The molecule has 5 heteroatoms. The Balaban J connectivity index is 2.41. The third kappa shape index (κ3) is 3.04. The van der Waals surface area contributed by atoms with E-state index in [-0.39, 0.29) is 0 Å². The van der Waals surface area contributed by atoms with Crippen molar-refractivity contribution in [2.45, 2.75) is 13.8 Å². The average Bonchev–Trinajstić information content (AvgIpc) is 2.67. The first kappa shape index (κ1) is 13.8. The van der Waals surface area contributed by atoms with Crippen molar-refractivity contribution >= 4 is 35.2 Å². The van der Waals surface area contributed by atoms with E-state index in [1.807, 2.05) is 13.0 Å². The highest BCUT2D eigenvalue weighted by atomic mass is 127. The van der Waals surface area contributed by atoms with Crippen molar-refractivity contribution in [1.29, 1.82) is 0 Å². The number of nitrogens with zero attached hydrogens (tertiary/aromatic N) is 2. The Kier molecular flexibility index (Phi) is 4.36. The van der Waals surface area contributed by atoms with Crippen molar-refractivity contribution in [1.82, 2.24) is 9.99 Å². The van der Waals surface area contributed by atoms with Crippen LogP contribution in [0, 0.1) is 17.4 Å². The van der Waals surface area contributed by atoms with E-state index < -0.39 is 0 Å². The molecule has 4 nitrogen and oxygen atoms in total. The maximum Gasteiger partial charge on any atom is 0.227 e. The molecule has 98 valence electrons. The molecule has 0 unspecified atom stereocenters. The number of aromatic nitrogens is 1. The summed E-state index contributed by atoms with van der Waals surface area (Å²) in [5, 5.41) is 3.83. The van der Waals surface area contributed by atoms with Gasteiger partial charge >= 0.3 is 0 Å². The third-order valence-corrected chi connectivity index (χ3v) is 3.61. The van der Waals surface area contributed by atoms with Gasteiger partial charge in [-0.2, -0.15) is 5.10 Å². The van der Waals surface area contributed by atoms with Crippen molar-refractivity contribution in [3.8, 4) is 5.69 Å². The molecule has 0 aliphatic heterocycles. The molecule has 0 aliphatic rings. The van der Waals surface area contributed by atoms with Crippen LogP contribution in [-0.2, 0) is 4.79 Å². The Morgan fingerprint density at radius 3 is 2.58 bits per heavy atom. The second-order valence-corrected chi connectivity index (χ2v) is 5.39. The van der Waals surface area contributed by atoms with Crippen molar-refractivity contribution < 1.29 is 4.79 Å². The van der Waals surface area contributed by atoms with E-state index in [4.69, 9.17) is 0 Å². The van der Waals surface area contributed by atoms with Gasteiger partial charge in [0.25, 0.3) is 0 Å². The van der Waals surface area contributed by atoms with E-state index in [0.717, 1.165) is 22.6 Å². The molecule has 0 saturated heterocycles. The first-order chi connectivity index (χ1) is 9.13. The summed E-state index contributed by atoms with van der Waals surface area (Å²) >= 11 is 2.29. The van der Waals surface area contributed by atoms with Crippen molar-refractivity contribution in [3.63, 3.8) is 0 Å². The van der Waals surface area contributed by atoms with E-state index in [1.54, 1.807) is 6.21 Å². The van der Waals surface area contributed by atoms with Crippen LogP contribution in [0.25, 0.3) is 5.69 Å². The number of carbonyl (C=O) groups is 1. The lowest BCUT2D eigenvalue weighted by Crippen LogP contribution is -2.02. The maximum atomic E-state index is 10.2. The second kappa shape index (κ2) is 6.01. The Bertz CT molecular complexity index is 614. The molecule has 19 heavy (non-hydrogen) atoms. The van der Waals surface area contributed by atoms with Crippen LogP contribution in [-0.4, -0.2) is 17.2 Å². The standard InChI is InChI=1S/C14H14IN3O/c1-10-7-12(8-16-17-9-19)11(2)18(10)14-5-3-13(15)4-6-14/h3-9H,1-2H3,(H,17,19)/b16-8+. The first-order valence-corrected chi connectivity index (χ1v) is 6.88. The molecular formula is C14H14IN3O. The van der Waals surface area contributed by atoms with Crippen LogP contribution in [0.2, 0.25) is 0 Å². The number of hydrazone groups is 1. The summed E-state index contributed by atoms with van der Waals surface area (Å²) in [7, 11) is 0. The van der Waals surface area contributed by atoms with Gasteiger partial charge in [-0.15, -0.1) is 0 Å². The van der Waals surface area contributed by atoms with E-state index in [2.05, 4.69) is 68.9 Å². The quantitative estimate of drug-likeness (QED) is 0.384. The minimum atomic E-state index is 0.550. The third-order valence-electron chi connectivity index (χ3n) is 2.89. The average molecular weight is 367 g/mol. The number of rotatable bonds is 4. The molecule has 0 fully saturated rings. The van der Waals surface area contributed by atoms with Gasteiger partial charge < -0.3 is 4.57 Å². The molecule has 2 rings (SSSR count). The number of benzene rings is 1. The molecule has 0 atom stereocenters. The summed E-state index contributed by atoms with van der Waals surface area (Å²) in [4.78, 5) is 10.2. The highest BCUT2D eigenvalue weighted by Gasteiger charge is 2.09. The molecule has 1 N–H and O–H groups in total. The zero-order valence-corrected chi connectivity index (χ0v) is 12.9. The SMILES string of the molecule is Cc1cc(/C=N/NC=O)c(C)n1-c1ccc(I)cc1. The van der Waals surface area contributed by atoms with Crippen LogP contribution in [0.3, 0.4) is 0 Å². The summed E-state index contributed by atoms with van der Waals surface area (Å²) in [6, 6.07) is 10.4. The summed E-state index contributed by atoms with van der Waals surface area (Å²) in [5.74, 6) is 0. The predicted octanol–water partition coefficient (Wildman–Crippen LogP) is 2.78. The van der Waals surface area contributed by atoms with Gasteiger partial charge in [-0.1, -0.05) is 0 Å². The molecule has 1 amide bonds. The number of halogens is 1. The predicted molar refractivity (Wildman–Crippen MR) is 84.8 cm³/mol. The highest BCUT2D eigenvalue weighted by Crippen LogP contribution is 2.20. The smallest absolute Gasteiger partial charge is 0.227 e. The lowest BCUT2D eigenvalue weighted by Gasteiger charge is -2.09. The molecule has 1 aromatic heterocycles. The monoisotopic (exact) mass is 367 g/mol. The van der Waals surface area contributed by atoms with Gasteiger partial charge in [0.05, 0.1) is 6.21 Å². The van der Waals surface area contributed by atoms with Gasteiger partial charge in [0.15, 0.2) is 0 Å². The normalized spacial score (nSPS) is 10.9. The molecule has 0 bridgehead atoms. The molecule has 1 heterocycles. The zero-order valence-electron chi connectivity index (χ0n) is 10.7. The topological polar surface area (TPSA) is 46.4 Å². The van der Waals surface area contributed by atoms with E-state index in [1.165, 1.54) is 3.57 Å². The Hall–Kier alpha value is -1.63. The van der Waals surface area contributed by atoms with Gasteiger partial charge in [-0.05, 0) is 66.8 Å². The number of hydrogen-bond acceptors (Lipinski definition) is 2. The zero-order chi connectivity index (χ0) is 13.8. The lowest BCUT2D eigenvalue weighted by atomic mass is 10.2. The van der Waals surface area contributed by atoms with Crippen LogP contribution in [0.4, 0.5) is 0 Å². The van der Waals surface area contributed by atoms with Gasteiger partial charge in [-0.3, -0.25) is 4.79 Å². The maximum absolute atomic E-state index is 10.2. The number of nitrogens with one attached hydrogen (secondary N) is 1. The highest BCUT2D eigenvalue weighted by molar-refractivity contribution is 14.1.